The minimum atomic E-state index is -3.67. The standard InChI is InChI=1S/C36H32FNO3S/c1-25-10-14-29(15-11-25)30-18-23-33(34(39)24-30)36-35(9-5-6-26-12-19-31(37)20-13-26)42(40,41)38(36)32-21-16-28(17-22-32)27-7-3-2-4-8-27/h2-4,7-8,10-24,35-36,39H,5-6,9H2,1H3/t35-,36?/m1/s1. The van der Waals surface area contributed by atoms with E-state index in [1.54, 1.807) is 18.2 Å². The molecule has 212 valence electrons. The van der Waals surface area contributed by atoms with Gasteiger partial charge in [0.25, 0.3) is 0 Å². The van der Waals surface area contributed by atoms with Crippen molar-refractivity contribution in [2.24, 2.45) is 0 Å². The van der Waals surface area contributed by atoms with E-state index < -0.39 is 21.3 Å². The van der Waals surface area contributed by atoms with Crippen LogP contribution in [0.1, 0.15) is 35.6 Å². The Morgan fingerprint density at radius 2 is 1.33 bits per heavy atom. The molecule has 1 N–H and O–H groups in total. The molecular formula is C36H32FNO3S. The van der Waals surface area contributed by atoms with Crippen molar-refractivity contribution >= 4 is 15.7 Å². The number of anilines is 1. The van der Waals surface area contributed by atoms with E-state index in [9.17, 15) is 17.9 Å². The highest BCUT2D eigenvalue weighted by Crippen LogP contribution is 2.50. The fourth-order valence-electron chi connectivity index (χ4n) is 5.81. The number of nitrogens with zero attached hydrogens (tertiary/aromatic N) is 1. The van der Waals surface area contributed by atoms with Crippen molar-refractivity contribution < 1.29 is 17.9 Å². The summed E-state index contributed by atoms with van der Waals surface area (Å²) < 4.78 is 42.4. The van der Waals surface area contributed by atoms with E-state index in [0.29, 0.717) is 30.5 Å². The molecule has 1 unspecified atom stereocenters. The third-order valence-electron chi connectivity index (χ3n) is 8.09. The van der Waals surface area contributed by atoms with Crippen LogP contribution in [0.25, 0.3) is 22.3 Å². The number of hydrogen-bond acceptors (Lipinski definition) is 3. The van der Waals surface area contributed by atoms with Gasteiger partial charge in [-0.1, -0.05) is 96.6 Å². The summed E-state index contributed by atoms with van der Waals surface area (Å²) in [5.74, 6) is -0.221. The second-order valence-corrected chi connectivity index (χ2v) is 12.9. The minimum Gasteiger partial charge on any atom is -0.508 e. The molecule has 1 aliphatic heterocycles. The number of aromatic hydroxyl groups is 1. The van der Waals surface area contributed by atoms with Crippen LogP contribution in [0.5, 0.6) is 5.75 Å². The molecule has 0 spiro atoms. The molecule has 0 radical (unpaired) electrons. The van der Waals surface area contributed by atoms with Gasteiger partial charge in [0, 0.05) is 5.56 Å². The van der Waals surface area contributed by atoms with E-state index in [1.807, 2.05) is 97.9 Å². The third-order valence-corrected chi connectivity index (χ3v) is 10.3. The molecule has 0 amide bonds. The van der Waals surface area contributed by atoms with Crippen LogP contribution in [0.2, 0.25) is 0 Å². The molecule has 6 rings (SSSR count). The highest BCUT2D eigenvalue weighted by Gasteiger charge is 2.54. The Kier molecular flexibility index (Phi) is 7.56. The number of phenolic OH excluding ortho intramolecular Hbond substituents is 1. The lowest BCUT2D eigenvalue weighted by Gasteiger charge is -2.48. The maximum Gasteiger partial charge on any atom is 0.241 e. The molecule has 0 saturated carbocycles. The highest BCUT2D eigenvalue weighted by molar-refractivity contribution is 7.95. The van der Waals surface area contributed by atoms with Crippen LogP contribution in [0.15, 0.2) is 121 Å². The van der Waals surface area contributed by atoms with E-state index in [1.165, 1.54) is 16.4 Å². The first-order valence-electron chi connectivity index (χ1n) is 14.1. The van der Waals surface area contributed by atoms with Gasteiger partial charge in [0.2, 0.25) is 10.0 Å². The first-order valence-corrected chi connectivity index (χ1v) is 15.6. The van der Waals surface area contributed by atoms with Gasteiger partial charge in [-0.3, -0.25) is 4.31 Å². The van der Waals surface area contributed by atoms with Gasteiger partial charge in [-0.05, 0) is 84.3 Å². The quantitative estimate of drug-likeness (QED) is 0.201. The molecule has 1 heterocycles. The Balaban J connectivity index is 1.32. The van der Waals surface area contributed by atoms with Crippen molar-refractivity contribution in [1.82, 2.24) is 0 Å². The fraction of sp³-hybridized carbons (Fsp3) is 0.167. The van der Waals surface area contributed by atoms with Gasteiger partial charge in [-0.25, -0.2) is 12.8 Å². The first-order chi connectivity index (χ1) is 20.3. The number of benzene rings is 5. The van der Waals surface area contributed by atoms with Gasteiger partial charge < -0.3 is 5.11 Å². The summed E-state index contributed by atoms with van der Waals surface area (Å²) in [6, 6.07) is 36.8. The Morgan fingerprint density at radius 3 is 2.00 bits per heavy atom. The lowest BCUT2D eigenvalue weighted by molar-refractivity contribution is 0.437. The summed E-state index contributed by atoms with van der Waals surface area (Å²) in [6.07, 6.45) is 1.68. The molecule has 0 aromatic heterocycles. The van der Waals surface area contributed by atoms with Crippen LogP contribution in [-0.2, 0) is 16.4 Å². The zero-order chi connectivity index (χ0) is 29.3. The van der Waals surface area contributed by atoms with Crippen molar-refractivity contribution in [3.8, 4) is 28.0 Å². The molecule has 1 aliphatic rings. The lowest BCUT2D eigenvalue weighted by atomic mass is 9.94. The summed E-state index contributed by atoms with van der Waals surface area (Å²) in [6.45, 7) is 2.03. The molecule has 5 aromatic rings. The molecule has 1 saturated heterocycles. The van der Waals surface area contributed by atoms with Gasteiger partial charge in [-0.2, -0.15) is 0 Å². The molecule has 6 heteroatoms. The maximum absolute atomic E-state index is 13.8. The second kappa shape index (κ2) is 11.5. The van der Waals surface area contributed by atoms with Crippen molar-refractivity contribution in [2.75, 3.05) is 4.31 Å². The van der Waals surface area contributed by atoms with E-state index in [0.717, 1.165) is 33.4 Å². The van der Waals surface area contributed by atoms with Crippen molar-refractivity contribution in [3.05, 3.63) is 144 Å². The fourth-order valence-corrected chi connectivity index (χ4v) is 7.95. The van der Waals surface area contributed by atoms with Crippen LogP contribution in [0.3, 0.4) is 0 Å². The van der Waals surface area contributed by atoms with Crippen molar-refractivity contribution in [3.63, 3.8) is 0 Å². The number of sulfonamides is 1. The zero-order valence-electron chi connectivity index (χ0n) is 23.3. The number of rotatable bonds is 8. The van der Waals surface area contributed by atoms with Crippen LogP contribution in [0, 0.1) is 12.7 Å². The zero-order valence-corrected chi connectivity index (χ0v) is 24.1. The predicted molar refractivity (Wildman–Crippen MR) is 167 cm³/mol. The monoisotopic (exact) mass is 577 g/mol. The topological polar surface area (TPSA) is 57.6 Å². The molecule has 1 fully saturated rings. The summed E-state index contributed by atoms with van der Waals surface area (Å²) in [4.78, 5) is 0. The molecular weight excluding hydrogens is 545 g/mol. The molecule has 42 heavy (non-hydrogen) atoms. The highest BCUT2D eigenvalue weighted by atomic mass is 32.2. The molecule has 0 bridgehead atoms. The lowest BCUT2D eigenvalue weighted by Crippen LogP contribution is -2.58. The molecule has 2 atom stereocenters. The summed E-state index contributed by atoms with van der Waals surface area (Å²) in [7, 11) is -3.67. The summed E-state index contributed by atoms with van der Waals surface area (Å²) in [5, 5.41) is 10.6. The van der Waals surface area contributed by atoms with E-state index in [4.69, 9.17) is 0 Å². The SMILES string of the molecule is Cc1ccc(-c2ccc(C3[C@@H](CCCc4ccc(F)cc4)S(=O)(=O)N3c3ccc(-c4ccccc4)cc3)c(O)c2)cc1. The molecule has 0 aliphatic carbocycles. The third kappa shape index (κ3) is 5.42. The Labute approximate surface area is 246 Å². The molecule has 4 nitrogen and oxygen atoms in total. The number of aryl methyl sites for hydroxylation is 2. The van der Waals surface area contributed by atoms with Gasteiger partial charge in [-0.15, -0.1) is 0 Å². The van der Waals surface area contributed by atoms with Crippen molar-refractivity contribution in [2.45, 2.75) is 37.5 Å². The summed E-state index contributed by atoms with van der Waals surface area (Å²) >= 11 is 0. The van der Waals surface area contributed by atoms with E-state index >= 15 is 0 Å². The Hall–Kier alpha value is -4.42. The maximum atomic E-state index is 13.8. The van der Waals surface area contributed by atoms with E-state index in [2.05, 4.69) is 0 Å². The van der Waals surface area contributed by atoms with Gasteiger partial charge in [0.1, 0.15) is 16.8 Å². The van der Waals surface area contributed by atoms with E-state index in [-0.39, 0.29) is 11.6 Å². The van der Waals surface area contributed by atoms with Crippen LogP contribution < -0.4 is 4.31 Å². The Morgan fingerprint density at radius 1 is 0.738 bits per heavy atom. The van der Waals surface area contributed by atoms with Crippen LogP contribution >= 0.6 is 0 Å². The van der Waals surface area contributed by atoms with Crippen LogP contribution in [-0.4, -0.2) is 18.8 Å². The second-order valence-electron chi connectivity index (χ2n) is 10.9. The van der Waals surface area contributed by atoms with Gasteiger partial charge in [0.15, 0.2) is 0 Å². The molecule has 5 aromatic carbocycles. The minimum absolute atomic E-state index is 0.0717. The Bertz CT molecular complexity index is 1790. The van der Waals surface area contributed by atoms with Crippen molar-refractivity contribution in [1.29, 1.82) is 0 Å². The average molecular weight is 578 g/mol. The predicted octanol–water partition coefficient (Wildman–Crippen LogP) is 8.46. The normalized spacial score (nSPS) is 17.5. The summed E-state index contributed by atoms with van der Waals surface area (Å²) in [5.41, 5.74) is 7.15. The largest absolute Gasteiger partial charge is 0.508 e. The van der Waals surface area contributed by atoms with Gasteiger partial charge >= 0.3 is 0 Å². The number of halogens is 1. The number of phenols is 1. The van der Waals surface area contributed by atoms with Crippen LogP contribution in [0.4, 0.5) is 10.1 Å². The average Bonchev–Trinajstić information content (AvgIpc) is 3.00. The first kappa shape index (κ1) is 27.7. The van der Waals surface area contributed by atoms with Gasteiger partial charge in [0.05, 0.1) is 11.7 Å². The number of hydrogen-bond donors (Lipinski definition) is 1. The smallest absolute Gasteiger partial charge is 0.241 e.